The van der Waals surface area contributed by atoms with E-state index >= 15 is 0 Å². The zero-order chi connectivity index (χ0) is 43.1. The molecule has 0 N–H and O–H groups in total. The first kappa shape index (κ1) is 38.2. The third-order valence-electron chi connectivity index (χ3n) is 13.1. The number of benzene rings is 11. The van der Waals surface area contributed by atoms with Crippen molar-refractivity contribution in [2.24, 2.45) is 0 Å². The molecule has 11 aromatic carbocycles. The number of anilines is 2. The second-order valence-corrected chi connectivity index (χ2v) is 16.9. The van der Waals surface area contributed by atoms with E-state index < -0.39 is 0 Å². The average Bonchev–Trinajstić information content (AvgIpc) is 3.73. The third-order valence-corrected chi connectivity index (χ3v) is 13.1. The summed E-state index contributed by atoms with van der Waals surface area (Å²) in [5, 5.41) is 7.57. The van der Waals surface area contributed by atoms with Crippen molar-refractivity contribution in [3.8, 4) is 50.2 Å². The Kier molecular flexibility index (Phi) is 9.61. The minimum Gasteiger partial charge on any atom is -0.337 e. The molecule has 0 aliphatic rings. The molecular formula is C63H44N2. The number of hydrogen-bond acceptors (Lipinski definition) is 1. The van der Waals surface area contributed by atoms with E-state index in [1.807, 2.05) is 0 Å². The number of para-hydroxylation sites is 2. The summed E-state index contributed by atoms with van der Waals surface area (Å²) in [6, 6.07) is 92.9. The number of hydrogen-bond donors (Lipinski definition) is 0. The van der Waals surface area contributed by atoms with Crippen molar-refractivity contribution < 1.29 is 0 Å². The predicted octanol–water partition coefficient (Wildman–Crippen LogP) is 17.1. The lowest BCUT2D eigenvalue weighted by molar-refractivity contribution is 0.977. The number of nitrogens with zero attached hydrogens (tertiary/aromatic N) is 2. The summed E-state index contributed by atoms with van der Waals surface area (Å²) in [6.45, 7) is 0.708. The lowest BCUT2D eigenvalue weighted by atomic mass is 9.93. The van der Waals surface area contributed by atoms with E-state index in [0.717, 1.165) is 17.1 Å². The van der Waals surface area contributed by atoms with Crippen LogP contribution in [-0.4, -0.2) is 4.57 Å². The molecule has 0 saturated heterocycles. The Hall–Kier alpha value is -8.46. The third kappa shape index (κ3) is 7.03. The molecule has 1 aromatic heterocycles. The molecule has 65 heavy (non-hydrogen) atoms. The number of aromatic nitrogens is 1. The standard InChI is InChI=1S/C63H44N2/c1-3-15-44(16-4-1)45-29-31-46(32-30-45)47-35-37-54(38-36-47)64(53-21-5-2-6-22-53)43-52-18-8-9-23-56(52)49-19-13-20-50(41-49)59-26-14-28-62-63(59)60-25-11-12-27-61(60)65(62)55-39-40-58-51(42-55)34-33-48-17-7-10-24-57(48)58/h1-42H,43H2. The second kappa shape index (κ2) is 16.3. The largest absolute Gasteiger partial charge is 0.337 e. The molecular weight excluding hydrogens is 785 g/mol. The molecule has 0 fully saturated rings. The lowest BCUT2D eigenvalue weighted by Gasteiger charge is -2.27. The molecule has 1 heterocycles. The second-order valence-electron chi connectivity index (χ2n) is 16.9. The molecule has 12 rings (SSSR count). The van der Waals surface area contributed by atoms with E-state index in [4.69, 9.17) is 0 Å². The molecule has 306 valence electrons. The van der Waals surface area contributed by atoms with Crippen LogP contribution in [0.3, 0.4) is 0 Å². The summed E-state index contributed by atoms with van der Waals surface area (Å²) < 4.78 is 2.44. The van der Waals surface area contributed by atoms with Crippen molar-refractivity contribution in [2.45, 2.75) is 6.54 Å². The van der Waals surface area contributed by atoms with Crippen LogP contribution in [0, 0.1) is 0 Å². The van der Waals surface area contributed by atoms with Gasteiger partial charge in [-0.25, -0.2) is 0 Å². The van der Waals surface area contributed by atoms with Crippen molar-refractivity contribution in [3.05, 3.63) is 260 Å². The van der Waals surface area contributed by atoms with Gasteiger partial charge in [0.25, 0.3) is 0 Å². The van der Waals surface area contributed by atoms with Crippen LogP contribution < -0.4 is 4.90 Å². The molecule has 12 aromatic rings. The molecule has 0 aliphatic heterocycles. The van der Waals surface area contributed by atoms with E-state index in [1.54, 1.807) is 0 Å². The van der Waals surface area contributed by atoms with Gasteiger partial charge in [0.1, 0.15) is 0 Å². The van der Waals surface area contributed by atoms with Crippen LogP contribution in [0.2, 0.25) is 0 Å². The topological polar surface area (TPSA) is 8.17 Å². The van der Waals surface area contributed by atoms with Gasteiger partial charge in [-0.3, -0.25) is 0 Å². The zero-order valence-corrected chi connectivity index (χ0v) is 35.9. The van der Waals surface area contributed by atoms with Gasteiger partial charge in [0.2, 0.25) is 0 Å². The lowest BCUT2D eigenvalue weighted by Crippen LogP contribution is -2.17. The maximum absolute atomic E-state index is 2.44. The summed E-state index contributed by atoms with van der Waals surface area (Å²) >= 11 is 0. The van der Waals surface area contributed by atoms with Crippen molar-refractivity contribution in [2.75, 3.05) is 4.90 Å². The van der Waals surface area contributed by atoms with E-state index in [0.29, 0.717) is 6.54 Å². The van der Waals surface area contributed by atoms with Gasteiger partial charge >= 0.3 is 0 Å². The molecule has 0 atom stereocenters. The minimum atomic E-state index is 0.708. The van der Waals surface area contributed by atoms with Crippen LogP contribution in [0.5, 0.6) is 0 Å². The first-order chi connectivity index (χ1) is 32.2. The highest BCUT2D eigenvalue weighted by Gasteiger charge is 2.19. The quantitative estimate of drug-likeness (QED) is 0.132. The monoisotopic (exact) mass is 828 g/mol. The smallest absolute Gasteiger partial charge is 0.0547 e. The van der Waals surface area contributed by atoms with E-state index in [9.17, 15) is 0 Å². The van der Waals surface area contributed by atoms with E-state index in [2.05, 4.69) is 264 Å². The van der Waals surface area contributed by atoms with E-state index in [1.165, 1.54) is 93.4 Å². The first-order valence-corrected chi connectivity index (χ1v) is 22.4. The number of rotatable bonds is 9. The van der Waals surface area contributed by atoms with Crippen molar-refractivity contribution in [3.63, 3.8) is 0 Å². The molecule has 0 unspecified atom stereocenters. The Morgan fingerprint density at radius 2 is 0.831 bits per heavy atom. The Labute approximate surface area is 379 Å². The van der Waals surface area contributed by atoms with Crippen LogP contribution in [0.1, 0.15) is 5.56 Å². The SMILES string of the molecule is c1ccc(-c2ccc(-c3ccc(N(Cc4ccccc4-c4cccc(-c5cccc6c5c5ccccc5n6-c5ccc6c(ccc7ccccc76)c5)c4)c4ccccc4)cc3)cc2)cc1. The molecule has 0 saturated carbocycles. The summed E-state index contributed by atoms with van der Waals surface area (Å²) in [6.07, 6.45) is 0. The Morgan fingerprint density at radius 3 is 1.62 bits per heavy atom. The van der Waals surface area contributed by atoms with Gasteiger partial charge in [0, 0.05) is 34.4 Å². The van der Waals surface area contributed by atoms with Crippen LogP contribution in [0.4, 0.5) is 11.4 Å². The Bertz CT molecular complexity index is 3660. The maximum Gasteiger partial charge on any atom is 0.0547 e. The van der Waals surface area contributed by atoms with E-state index in [-0.39, 0.29) is 0 Å². The van der Waals surface area contributed by atoms with Gasteiger partial charge in [-0.15, -0.1) is 0 Å². The molecule has 0 amide bonds. The fraction of sp³-hybridized carbons (Fsp3) is 0.0159. The Balaban J connectivity index is 0.901. The van der Waals surface area contributed by atoms with Crippen molar-refractivity contribution in [1.82, 2.24) is 4.57 Å². The summed E-state index contributed by atoms with van der Waals surface area (Å²) in [5.41, 5.74) is 16.8. The summed E-state index contributed by atoms with van der Waals surface area (Å²) in [5.74, 6) is 0. The van der Waals surface area contributed by atoms with Crippen LogP contribution in [-0.2, 0) is 6.54 Å². The normalized spacial score (nSPS) is 11.4. The molecule has 2 heteroatoms. The van der Waals surface area contributed by atoms with Gasteiger partial charge in [-0.2, -0.15) is 0 Å². The summed E-state index contributed by atoms with van der Waals surface area (Å²) in [4.78, 5) is 2.43. The highest BCUT2D eigenvalue weighted by atomic mass is 15.1. The molecule has 0 spiro atoms. The summed E-state index contributed by atoms with van der Waals surface area (Å²) in [7, 11) is 0. The van der Waals surface area contributed by atoms with Gasteiger partial charge in [0.15, 0.2) is 0 Å². The average molecular weight is 829 g/mol. The number of fused-ring (bicyclic) bond motifs is 6. The predicted molar refractivity (Wildman–Crippen MR) is 276 cm³/mol. The first-order valence-electron chi connectivity index (χ1n) is 22.4. The highest BCUT2D eigenvalue weighted by molar-refractivity contribution is 6.16. The molecule has 0 radical (unpaired) electrons. The van der Waals surface area contributed by atoms with Crippen molar-refractivity contribution in [1.29, 1.82) is 0 Å². The minimum absolute atomic E-state index is 0.708. The van der Waals surface area contributed by atoms with Gasteiger partial charge in [-0.05, 0) is 126 Å². The Morgan fingerprint density at radius 1 is 0.308 bits per heavy atom. The van der Waals surface area contributed by atoms with Gasteiger partial charge in [0.05, 0.1) is 11.0 Å². The zero-order valence-electron chi connectivity index (χ0n) is 35.9. The fourth-order valence-corrected chi connectivity index (χ4v) is 9.90. The molecule has 2 nitrogen and oxygen atoms in total. The van der Waals surface area contributed by atoms with Crippen LogP contribution >= 0.6 is 0 Å². The highest BCUT2D eigenvalue weighted by Crippen LogP contribution is 2.41. The molecule has 0 bridgehead atoms. The van der Waals surface area contributed by atoms with Crippen LogP contribution in [0.15, 0.2) is 255 Å². The fourth-order valence-electron chi connectivity index (χ4n) is 9.90. The molecule has 0 aliphatic carbocycles. The maximum atomic E-state index is 2.44. The van der Waals surface area contributed by atoms with Crippen molar-refractivity contribution >= 4 is 54.7 Å². The van der Waals surface area contributed by atoms with Gasteiger partial charge in [-0.1, -0.05) is 200 Å². The van der Waals surface area contributed by atoms with Gasteiger partial charge < -0.3 is 9.47 Å². The van der Waals surface area contributed by atoms with Crippen LogP contribution in [0.25, 0.3) is 93.5 Å².